The molecule has 0 aromatic rings. The van der Waals surface area contributed by atoms with Crippen molar-refractivity contribution < 1.29 is 59.1 Å². The summed E-state index contributed by atoms with van der Waals surface area (Å²) in [6, 6.07) is -0.200. The number of carbonyl (C=O) groups is 4. The minimum atomic E-state index is -1.22. The van der Waals surface area contributed by atoms with Crippen LogP contribution in [0.5, 0.6) is 0 Å². The minimum Gasteiger partial charge on any atom is -0.542 e. The first-order valence-electron chi connectivity index (χ1n) is 21.4. The number of hydrogen-bond acceptors (Lipinski definition) is 12. The molecule has 0 heterocycles. The van der Waals surface area contributed by atoms with Crippen LogP contribution in [0.15, 0.2) is 115 Å². The van der Waals surface area contributed by atoms with Crippen LogP contribution in [-0.2, 0) is 38.7 Å². The number of carboxylic acid groups (broad SMARTS) is 4. The van der Waals surface area contributed by atoms with Crippen molar-refractivity contribution in [3.05, 3.63) is 95.2 Å². The zero-order valence-corrected chi connectivity index (χ0v) is 41.8. The standard InChI is InChI=1S/4C12H18N2O2.Ru/c4*1-9(2)13-11(12(15)16)14(3)8-10-6-4-5-7-10;/h4*4-6,9H,7-8H2,1-3H3,(H,15,16);/q;;;;+4/p-4. The first kappa shape index (κ1) is 59.3. The molecule has 0 fully saturated rings. The number of hydrogen-bond donors (Lipinski definition) is 0. The summed E-state index contributed by atoms with van der Waals surface area (Å²) in [6.45, 7) is 17.0. The van der Waals surface area contributed by atoms with Gasteiger partial charge in [0.25, 0.3) is 0 Å². The van der Waals surface area contributed by atoms with Crippen molar-refractivity contribution in [2.24, 2.45) is 20.0 Å². The number of nitrogens with zero attached hydrogens (tertiary/aromatic N) is 8. The molecule has 0 N–H and O–H groups in total. The fourth-order valence-corrected chi connectivity index (χ4v) is 6.16. The van der Waals surface area contributed by atoms with Crippen molar-refractivity contribution in [1.82, 2.24) is 19.6 Å². The molecule has 0 amide bonds. The van der Waals surface area contributed by atoms with E-state index in [-0.39, 0.29) is 67.0 Å². The Labute approximate surface area is 399 Å². The number of likely N-dealkylation sites (N-methyl/N-ethyl adjacent to an activating group) is 4. The second-order valence-electron chi connectivity index (χ2n) is 16.6. The third-order valence-electron chi connectivity index (χ3n) is 8.85. The maximum absolute atomic E-state index is 10.9. The number of aliphatic carboxylic acids is 4. The van der Waals surface area contributed by atoms with Gasteiger partial charge in [0, 0.05) is 78.5 Å². The van der Waals surface area contributed by atoms with Crippen LogP contribution in [0.3, 0.4) is 0 Å². The van der Waals surface area contributed by atoms with Gasteiger partial charge in [0.15, 0.2) is 0 Å². The van der Waals surface area contributed by atoms with Crippen LogP contribution in [0, 0.1) is 0 Å². The molecular weight excluding hydrogens is 918 g/mol. The van der Waals surface area contributed by atoms with Crippen molar-refractivity contribution in [2.75, 3.05) is 54.4 Å². The Bertz CT molecular complexity index is 1700. The van der Waals surface area contributed by atoms with Crippen LogP contribution < -0.4 is 20.4 Å². The first-order chi connectivity index (χ1) is 30.0. The van der Waals surface area contributed by atoms with Crippen LogP contribution in [-0.4, -0.2) is 145 Å². The Hall–Kier alpha value is -5.70. The van der Waals surface area contributed by atoms with Crippen LogP contribution >= 0.6 is 0 Å². The monoisotopic (exact) mass is 986 g/mol. The summed E-state index contributed by atoms with van der Waals surface area (Å²) in [4.78, 5) is 66.4. The summed E-state index contributed by atoms with van der Waals surface area (Å²) in [7, 11) is 6.87. The van der Waals surface area contributed by atoms with E-state index in [1.54, 1.807) is 47.8 Å². The maximum Gasteiger partial charge on any atom is 4.00 e. The topological polar surface area (TPSA) is 223 Å². The molecule has 356 valence electrons. The Balaban J connectivity index is 0.000000836. The van der Waals surface area contributed by atoms with E-state index >= 15 is 0 Å². The van der Waals surface area contributed by atoms with Crippen molar-refractivity contribution in [3.8, 4) is 0 Å². The van der Waals surface area contributed by atoms with Crippen molar-refractivity contribution in [2.45, 2.75) is 105 Å². The summed E-state index contributed by atoms with van der Waals surface area (Å²) < 4.78 is 0. The molecule has 0 saturated carbocycles. The average molecular weight is 986 g/mol. The second-order valence-corrected chi connectivity index (χ2v) is 16.6. The molecule has 4 aliphatic carbocycles. The second kappa shape index (κ2) is 31.2. The first-order valence-corrected chi connectivity index (χ1v) is 21.4. The fourth-order valence-electron chi connectivity index (χ4n) is 6.16. The smallest absolute Gasteiger partial charge is 0.542 e. The SMILES string of the molecule is CC(C)N=C(C(=O)[O-])N(C)CC1=CC=CC1.CC(C)N=C(C(=O)[O-])N(C)CC1=CC=CC1.CC(C)N=C(C(=O)[O-])N(C)CC1=CC=CC1.CC(C)N=C(C(=O)[O-])N(C)CC1=CC=CC1.[Ru+4]. The van der Waals surface area contributed by atoms with Gasteiger partial charge in [-0.2, -0.15) is 0 Å². The normalized spacial score (nSPS) is 15.3. The fraction of sp³-hybridized carbons (Fsp3) is 0.500. The van der Waals surface area contributed by atoms with E-state index in [2.05, 4.69) is 20.0 Å². The van der Waals surface area contributed by atoms with Gasteiger partial charge < -0.3 is 59.2 Å². The molecule has 0 spiro atoms. The molecule has 0 bridgehead atoms. The third-order valence-corrected chi connectivity index (χ3v) is 8.85. The van der Waals surface area contributed by atoms with Gasteiger partial charge >= 0.3 is 19.5 Å². The van der Waals surface area contributed by atoms with Gasteiger partial charge in [-0.15, -0.1) is 0 Å². The molecule has 17 heteroatoms. The minimum absolute atomic E-state index is 0. The van der Waals surface area contributed by atoms with E-state index in [0.717, 1.165) is 25.7 Å². The molecule has 0 aromatic carbocycles. The predicted molar refractivity (Wildman–Crippen MR) is 248 cm³/mol. The van der Waals surface area contributed by atoms with Gasteiger partial charge in [0.2, 0.25) is 0 Å². The van der Waals surface area contributed by atoms with Gasteiger partial charge in [-0.3, -0.25) is 20.0 Å². The van der Waals surface area contributed by atoms with E-state index in [1.807, 2.05) is 128 Å². The maximum atomic E-state index is 10.9. The molecule has 65 heavy (non-hydrogen) atoms. The number of aliphatic imine (C=N–C) groups is 4. The average Bonchev–Trinajstić information content (AvgIpc) is 4.05. The van der Waals surface area contributed by atoms with Crippen LogP contribution in [0.1, 0.15) is 81.1 Å². The molecule has 0 radical (unpaired) electrons. The van der Waals surface area contributed by atoms with Crippen molar-refractivity contribution in [3.63, 3.8) is 0 Å². The number of carbonyl (C=O) groups excluding carboxylic acids is 4. The van der Waals surface area contributed by atoms with Gasteiger partial charge in [0.1, 0.15) is 47.2 Å². The molecule has 0 unspecified atom stereocenters. The molecule has 0 aromatic heterocycles. The molecular formula is C48H68N8O8Ru. The summed E-state index contributed by atoms with van der Waals surface area (Å²) in [6.07, 6.45) is 27.6. The Morgan fingerprint density at radius 1 is 0.415 bits per heavy atom. The number of amidine groups is 4. The summed E-state index contributed by atoms with van der Waals surface area (Å²) in [5.41, 5.74) is 4.72. The van der Waals surface area contributed by atoms with E-state index in [1.165, 1.54) is 22.3 Å². The Morgan fingerprint density at radius 3 is 0.692 bits per heavy atom. The molecule has 0 saturated heterocycles. The van der Waals surface area contributed by atoms with E-state index in [0.29, 0.717) is 26.2 Å². The molecule has 4 aliphatic rings. The van der Waals surface area contributed by atoms with Gasteiger partial charge in [0.05, 0.1) is 0 Å². The van der Waals surface area contributed by atoms with Gasteiger partial charge in [-0.25, -0.2) is 0 Å². The molecule has 16 nitrogen and oxygen atoms in total. The Kier molecular flexibility index (Phi) is 28.5. The predicted octanol–water partition coefficient (Wildman–Crippen LogP) is 1.44. The molecule has 0 aliphatic heterocycles. The number of carboxylic acids is 4. The van der Waals surface area contributed by atoms with Crippen LogP contribution in [0.2, 0.25) is 0 Å². The quantitative estimate of drug-likeness (QED) is 0.154. The zero-order valence-electron chi connectivity index (χ0n) is 40.1. The van der Waals surface area contributed by atoms with E-state index in [9.17, 15) is 39.6 Å². The summed E-state index contributed by atoms with van der Waals surface area (Å²) in [5, 5.41) is 43.7. The van der Waals surface area contributed by atoms with Gasteiger partial charge in [-0.1, -0.05) is 72.9 Å². The van der Waals surface area contributed by atoms with Crippen molar-refractivity contribution in [1.29, 1.82) is 0 Å². The van der Waals surface area contributed by atoms with Gasteiger partial charge in [-0.05, 0) is 103 Å². The molecule has 0 atom stereocenters. The van der Waals surface area contributed by atoms with Crippen molar-refractivity contribution >= 4 is 47.2 Å². The number of allylic oxidation sites excluding steroid dienone is 12. The largest absolute Gasteiger partial charge is 4.00 e. The Morgan fingerprint density at radius 2 is 0.585 bits per heavy atom. The van der Waals surface area contributed by atoms with E-state index in [4.69, 9.17) is 0 Å². The van der Waals surface area contributed by atoms with Crippen LogP contribution in [0.25, 0.3) is 0 Å². The van der Waals surface area contributed by atoms with E-state index < -0.39 is 23.9 Å². The third kappa shape index (κ3) is 24.8. The summed E-state index contributed by atoms with van der Waals surface area (Å²) in [5.74, 6) is -4.81. The summed E-state index contributed by atoms with van der Waals surface area (Å²) >= 11 is 0. The number of rotatable bonds is 12. The molecule has 4 rings (SSSR count). The zero-order chi connectivity index (χ0) is 48.5. The van der Waals surface area contributed by atoms with Crippen LogP contribution in [0.4, 0.5) is 0 Å².